The van der Waals surface area contributed by atoms with E-state index in [0.717, 1.165) is 0 Å². The molecule has 0 saturated heterocycles. The summed E-state index contributed by atoms with van der Waals surface area (Å²) in [4.78, 5) is 12.5. The molecule has 3 rings (SSSR count). The summed E-state index contributed by atoms with van der Waals surface area (Å²) in [6.45, 7) is 1.62. The van der Waals surface area contributed by atoms with E-state index in [1.54, 1.807) is 13.0 Å². The Labute approximate surface area is 148 Å². The molecule has 3 aromatic rings. The summed E-state index contributed by atoms with van der Waals surface area (Å²) in [5, 5.41) is 19.6. The Kier molecular flexibility index (Phi) is 5.09. The first kappa shape index (κ1) is 17.8. The normalized spacial score (nSPS) is 13.2. The standard InChI is InChI=1S/C19H17F2N3O2/c1-11(18(25)13-3-2-4-15(21)9-13)23-19(26)16-10-22-24-17(16)12-5-7-14(20)8-6-12/h2-11,18,25H,1H3,(H,22,24)(H,23,26). The Bertz CT molecular complexity index is 909. The van der Waals surface area contributed by atoms with Gasteiger partial charge in [0.25, 0.3) is 5.91 Å². The monoisotopic (exact) mass is 357 g/mol. The molecule has 1 amide bonds. The number of aromatic amines is 1. The van der Waals surface area contributed by atoms with Crippen molar-refractivity contribution in [1.29, 1.82) is 0 Å². The van der Waals surface area contributed by atoms with Crippen molar-refractivity contribution in [2.75, 3.05) is 0 Å². The van der Waals surface area contributed by atoms with Crippen LogP contribution < -0.4 is 5.32 Å². The van der Waals surface area contributed by atoms with Gasteiger partial charge in [0.2, 0.25) is 0 Å². The van der Waals surface area contributed by atoms with Gasteiger partial charge in [-0.2, -0.15) is 5.10 Å². The fourth-order valence-corrected chi connectivity index (χ4v) is 2.64. The molecule has 2 aromatic carbocycles. The van der Waals surface area contributed by atoms with Gasteiger partial charge in [0.15, 0.2) is 0 Å². The van der Waals surface area contributed by atoms with Gasteiger partial charge in [0.1, 0.15) is 11.6 Å². The molecule has 2 unspecified atom stereocenters. The van der Waals surface area contributed by atoms with Crippen LogP contribution in [0.5, 0.6) is 0 Å². The second-order valence-corrected chi connectivity index (χ2v) is 5.93. The second kappa shape index (κ2) is 7.45. The maximum Gasteiger partial charge on any atom is 0.255 e. The van der Waals surface area contributed by atoms with E-state index in [2.05, 4.69) is 15.5 Å². The molecule has 26 heavy (non-hydrogen) atoms. The lowest BCUT2D eigenvalue weighted by atomic mass is 10.0. The summed E-state index contributed by atoms with van der Waals surface area (Å²) >= 11 is 0. The third-order valence-electron chi connectivity index (χ3n) is 4.04. The minimum Gasteiger partial charge on any atom is -0.386 e. The van der Waals surface area contributed by atoms with Crippen molar-refractivity contribution in [2.45, 2.75) is 19.1 Å². The fourth-order valence-electron chi connectivity index (χ4n) is 2.64. The predicted octanol–water partition coefficient (Wildman–Crippen LogP) is 3.21. The van der Waals surface area contributed by atoms with Gasteiger partial charge in [0.05, 0.1) is 29.6 Å². The predicted molar refractivity (Wildman–Crippen MR) is 92.3 cm³/mol. The fraction of sp³-hybridized carbons (Fsp3) is 0.158. The van der Waals surface area contributed by atoms with E-state index >= 15 is 0 Å². The quantitative estimate of drug-likeness (QED) is 0.656. The lowest BCUT2D eigenvalue weighted by molar-refractivity contribution is 0.0852. The summed E-state index contributed by atoms with van der Waals surface area (Å²) in [6, 6.07) is 10.5. The van der Waals surface area contributed by atoms with Crippen LogP contribution in [0.4, 0.5) is 8.78 Å². The van der Waals surface area contributed by atoms with Gasteiger partial charge >= 0.3 is 0 Å². The Morgan fingerprint density at radius 1 is 1.15 bits per heavy atom. The van der Waals surface area contributed by atoms with Crippen LogP contribution in [0.15, 0.2) is 54.7 Å². The van der Waals surface area contributed by atoms with Gasteiger partial charge in [-0.1, -0.05) is 12.1 Å². The first-order chi connectivity index (χ1) is 12.5. The molecular weight excluding hydrogens is 340 g/mol. The molecule has 134 valence electrons. The first-order valence-corrected chi connectivity index (χ1v) is 7.99. The number of nitrogens with one attached hydrogen (secondary N) is 2. The highest BCUT2D eigenvalue weighted by Gasteiger charge is 2.22. The average molecular weight is 357 g/mol. The number of benzene rings is 2. The summed E-state index contributed by atoms with van der Waals surface area (Å²) in [5.41, 5.74) is 1.67. The summed E-state index contributed by atoms with van der Waals surface area (Å²) < 4.78 is 26.4. The lowest BCUT2D eigenvalue weighted by Crippen LogP contribution is -2.37. The molecule has 0 saturated carbocycles. The highest BCUT2D eigenvalue weighted by molar-refractivity contribution is 5.99. The molecule has 0 aliphatic heterocycles. The molecular formula is C19H17F2N3O2. The summed E-state index contributed by atoms with van der Waals surface area (Å²) in [5.74, 6) is -1.30. The number of halogens is 2. The van der Waals surface area contributed by atoms with E-state index in [-0.39, 0.29) is 11.4 Å². The van der Waals surface area contributed by atoms with Gasteiger partial charge in [-0.15, -0.1) is 0 Å². The Morgan fingerprint density at radius 3 is 2.58 bits per heavy atom. The van der Waals surface area contributed by atoms with Crippen LogP contribution in [0.1, 0.15) is 28.9 Å². The number of carbonyl (C=O) groups is 1. The van der Waals surface area contributed by atoms with Crippen LogP contribution in [0.2, 0.25) is 0 Å². The smallest absolute Gasteiger partial charge is 0.255 e. The molecule has 0 bridgehead atoms. The number of aliphatic hydroxyl groups is 1. The Hall–Kier alpha value is -3.06. The van der Waals surface area contributed by atoms with Crippen molar-refractivity contribution in [3.8, 4) is 11.3 Å². The number of H-pyrrole nitrogens is 1. The highest BCUT2D eigenvalue weighted by Crippen LogP contribution is 2.22. The number of aromatic nitrogens is 2. The Balaban J connectivity index is 1.76. The number of hydrogen-bond donors (Lipinski definition) is 3. The van der Waals surface area contributed by atoms with Crippen molar-refractivity contribution < 1.29 is 18.7 Å². The van der Waals surface area contributed by atoms with Crippen molar-refractivity contribution in [3.63, 3.8) is 0 Å². The molecule has 7 heteroatoms. The molecule has 3 N–H and O–H groups in total. The number of nitrogens with zero attached hydrogens (tertiary/aromatic N) is 1. The largest absolute Gasteiger partial charge is 0.386 e. The SMILES string of the molecule is CC(NC(=O)c1cn[nH]c1-c1ccc(F)cc1)C(O)c1cccc(F)c1. The van der Waals surface area contributed by atoms with E-state index in [4.69, 9.17) is 0 Å². The van der Waals surface area contributed by atoms with E-state index in [9.17, 15) is 18.7 Å². The van der Waals surface area contributed by atoms with Crippen molar-refractivity contribution in [2.24, 2.45) is 0 Å². The van der Waals surface area contributed by atoms with Crippen LogP contribution in [0, 0.1) is 11.6 Å². The van der Waals surface area contributed by atoms with Crippen molar-refractivity contribution in [3.05, 3.63) is 77.5 Å². The van der Waals surface area contributed by atoms with Crippen LogP contribution in [0.3, 0.4) is 0 Å². The number of aliphatic hydroxyl groups excluding tert-OH is 1. The zero-order valence-electron chi connectivity index (χ0n) is 13.9. The Morgan fingerprint density at radius 2 is 1.88 bits per heavy atom. The van der Waals surface area contributed by atoms with Gasteiger partial charge in [-0.05, 0) is 48.9 Å². The van der Waals surface area contributed by atoms with Gasteiger partial charge < -0.3 is 10.4 Å². The maximum absolute atomic E-state index is 13.3. The van der Waals surface area contributed by atoms with Crippen LogP contribution in [-0.4, -0.2) is 27.3 Å². The number of amides is 1. The van der Waals surface area contributed by atoms with Gasteiger partial charge in [0, 0.05) is 5.56 Å². The van der Waals surface area contributed by atoms with Crippen LogP contribution in [-0.2, 0) is 0 Å². The van der Waals surface area contributed by atoms with Gasteiger partial charge in [-0.25, -0.2) is 8.78 Å². The molecule has 2 atom stereocenters. The zero-order chi connectivity index (χ0) is 18.7. The molecule has 0 radical (unpaired) electrons. The third kappa shape index (κ3) is 3.78. The number of rotatable bonds is 5. The molecule has 0 aliphatic carbocycles. The van der Waals surface area contributed by atoms with E-state index < -0.39 is 23.9 Å². The summed E-state index contributed by atoms with van der Waals surface area (Å²) in [7, 11) is 0. The van der Waals surface area contributed by atoms with Crippen LogP contribution >= 0.6 is 0 Å². The maximum atomic E-state index is 13.3. The molecule has 1 heterocycles. The minimum atomic E-state index is -1.07. The number of carbonyl (C=O) groups excluding carboxylic acids is 1. The molecule has 1 aromatic heterocycles. The highest BCUT2D eigenvalue weighted by atomic mass is 19.1. The van der Waals surface area contributed by atoms with E-state index in [1.165, 1.54) is 48.7 Å². The average Bonchev–Trinajstić information content (AvgIpc) is 3.11. The third-order valence-corrected chi connectivity index (χ3v) is 4.04. The molecule has 0 fully saturated rings. The minimum absolute atomic E-state index is 0.259. The molecule has 0 aliphatic rings. The topological polar surface area (TPSA) is 78.0 Å². The lowest BCUT2D eigenvalue weighted by Gasteiger charge is -2.20. The summed E-state index contributed by atoms with van der Waals surface area (Å²) in [6.07, 6.45) is 0.283. The van der Waals surface area contributed by atoms with E-state index in [1.807, 2.05) is 0 Å². The van der Waals surface area contributed by atoms with Crippen molar-refractivity contribution in [1.82, 2.24) is 15.5 Å². The first-order valence-electron chi connectivity index (χ1n) is 7.99. The molecule has 0 spiro atoms. The zero-order valence-corrected chi connectivity index (χ0v) is 13.9. The molecule has 5 nitrogen and oxygen atoms in total. The second-order valence-electron chi connectivity index (χ2n) is 5.93. The van der Waals surface area contributed by atoms with Crippen LogP contribution in [0.25, 0.3) is 11.3 Å². The number of hydrogen-bond acceptors (Lipinski definition) is 3. The van der Waals surface area contributed by atoms with Crippen molar-refractivity contribution >= 4 is 5.91 Å². The van der Waals surface area contributed by atoms with E-state index in [0.29, 0.717) is 16.8 Å². The van der Waals surface area contributed by atoms with Gasteiger partial charge in [-0.3, -0.25) is 9.89 Å².